The number of fused-ring (bicyclic) bond motifs is 1. The van der Waals surface area contributed by atoms with Crippen molar-refractivity contribution in [2.45, 2.75) is 19.5 Å². The number of para-hydroxylation sites is 1. The van der Waals surface area contributed by atoms with Gasteiger partial charge in [0.05, 0.1) is 17.2 Å². The number of benzene rings is 1. The zero-order valence-electron chi connectivity index (χ0n) is 13.5. The molecule has 128 valence electrons. The van der Waals surface area contributed by atoms with Gasteiger partial charge in [-0.25, -0.2) is 9.67 Å². The first-order chi connectivity index (χ1) is 12.1. The third kappa shape index (κ3) is 3.97. The molecule has 0 saturated carbocycles. The van der Waals surface area contributed by atoms with Gasteiger partial charge in [0.2, 0.25) is 5.91 Å². The van der Waals surface area contributed by atoms with Gasteiger partial charge in [0.1, 0.15) is 6.54 Å². The first kappa shape index (κ1) is 16.6. The highest BCUT2D eigenvalue weighted by molar-refractivity contribution is 5.78. The standard InChI is InChI=1S/C17H17N5O3/c23-15(18-8-4-10-22-16(24)7-3-9-20-22)11-21-12-19-14-6-2-1-5-13(14)17(21)25/h1-3,5-7,9,12H,4,8,10-11H2,(H,18,23). The van der Waals surface area contributed by atoms with E-state index < -0.39 is 0 Å². The number of nitrogens with one attached hydrogen (secondary N) is 1. The fourth-order valence-electron chi connectivity index (χ4n) is 2.44. The third-order valence-corrected chi connectivity index (χ3v) is 3.70. The minimum absolute atomic E-state index is 0.0970. The SMILES string of the molecule is O=C(Cn1cnc2ccccc2c1=O)NCCCn1ncccc1=O. The van der Waals surface area contributed by atoms with Gasteiger partial charge in [-0.3, -0.25) is 19.0 Å². The lowest BCUT2D eigenvalue weighted by Gasteiger charge is -2.08. The molecule has 3 rings (SSSR count). The molecule has 1 N–H and O–H groups in total. The Hall–Kier alpha value is -3.29. The van der Waals surface area contributed by atoms with Gasteiger partial charge in [0.25, 0.3) is 11.1 Å². The van der Waals surface area contributed by atoms with Gasteiger partial charge in [-0.05, 0) is 24.6 Å². The zero-order valence-corrected chi connectivity index (χ0v) is 13.5. The van der Waals surface area contributed by atoms with Crippen LogP contribution >= 0.6 is 0 Å². The average molecular weight is 339 g/mol. The smallest absolute Gasteiger partial charge is 0.266 e. The van der Waals surface area contributed by atoms with Crippen LogP contribution in [0.5, 0.6) is 0 Å². The molecule has 0 aliphatic heterocycles. The highest BCUT2D eigenvalue weighted by Gasteiger charge is 2.07. The van der Waals surface area contributed by atoms with Crippen molar-refractivity contribution >= 4 is 16.8 Å². The van der Waals surface area contributed by atoms with Crippen molar-refractivity contribution in [3.05, 3.63) is 69.6 Å². The van der Waals surface area contributed by atoms with Crippen LogP contribution in [0.3, 0.4) is 0 Å². The molecule has 0 bridgehead atoms. The van der Waals surface area contributed by atoms with Gasteiger partial charge < -0.3 is 5.32 Å². The van der Waals surface area contributed by atoms with Crippen molar-refractivity contribution in [1.82, 2.24) is 24.6 Å². The summed E-state index contributed by atoms with van der Waals surface area (Å²) in [7, 11) is 0. The lowest BCUT2D eigenvalue weighted by molar-refractivity contribution is -0.121. The second-order valence-electron chi connectivity index (χ2n) is 5.48. The van der Waals surface area contributed by atoms with Crippen molar-refractivity contribution in [3.8, 4) is 0 Å². The molecule has 1 aromatic carbocycles. The summed E-state index contributed by atoms with van der Waals surface area (Å²) in [4.78, 5) is 40.0. The number of hydrogen-bond donors (Lipinski definition) is 1. The van der Waals surface area contributed by atoms with Gasteiger partial charge >= 0.3 is 0 Å². The molecule has 0 radical (unpaired) electrons. The van der Waals surface area contributed by atoms with Crippen molar-refractivity contribution < 1.29 is 4.79 Å². The topological polar surface area (TPSA) is 98.9 Å². The van der Waals surface area contributed by atoms with Crippen LogP contribution in [0, 0.1) is 0 Å². The van der Waals surface area contributed by atoms with Crippen molar-refractivity contribution in [2.24, 2.45) is 0 Å². The molecule has 2 heterocycles. The molecular formula is C17H17N5O3. The van der Waals surface area contributed by atoms with E-state index in [1.165, 1.54) is 21.6 Å². The second kappa shape index (κ2) is 7.52. The minimum atomic E-state index is -0.285. The average Bonchev–Trinajstić information content (AvgIpc) is 2.63. The van der Waals surface area contributed by atoms with E-state index in [9.17, 15) is 14.4 Å². The van der Waals surface area contributed by atoms with E-state index in [0.29, 0.717) is 30.4 Å². The van der Waals surface area contributed by atoms with E-state index in [1.807, 2.05) is 0 Å². The normalized spacial score (nSPS) is 10.7. The van der Waals surface area contributed by atoms with E-state index in [2.05, 4.69) is 15.4 Å². The van der Waals surface area contributed by atoms with Gasteiger partial charge in [0.15, 0.2) is 0 Å². The summed E-state index contributed by atoms with van der Waals surface area (Å²) in [5, 5.41) is 7.15. The predicted octanol–water partition coefficient (Wildman–Crippen LogP) is 0.160. The fourth-order valence-corrected chi connectivity index (χ4v) is 2.44. The highest BCUT2D eigenvalue weighted by atomic mass is 16.2. The van der Waals surface area contributed by atoms with Crippen LogP contribution in [0.4, 0.5) is 0 Å². The van der Waals surface area contributed by atoms with Crippen molar-refractivity contribution in [3.63, 3.8) is 0 Å². The van der Waals surface area contributed by atoms with Crippen molar-refractivity contribution in [2.75, 3.05) is 6.54 Å². The number of hydrogen-bond acceptors (Lipinski definition) is 5. The molecule has 0 saturated heterocycles. The van der Waals surface area contributed by atoms with E-state index >= 15 is 0 Å². The monoisotopic (exact) mass is 339 g/mol. The van der Waals surface area contributed by atoms with Crippen LogP contribution in [-0.4, -0.2) is 31.8 Å². The van der Waals surface area contributed by atoms with Crippen LogP contribution in [-0.2, 0) is 17.9 Å². The summed E-state index contributed by atoms with van der Waals surface area (Å²) >= 11 is 0. The lowest BCUT2D eigenvalue weighted by atomic mass is 10.2. The largest absolute Gasteiger partial charge is 0.354 e. The summed E-state index contributed by atoms with van der Waals surface area (Å²) in [5.41, 5.74) is 0.174. The van der Waals surface area contributed by atoms with E-state index in [1.54, 1.807) is 36.5 Å². The Morgan fingerprint density at radius 1 is 1.12 bits per heavy atom. The van der Waals surface area contributed by atoms with E-state index in [4.69, 9.17) is 0 Å². The molecule has 3 aromatic rings. The number of amides is 1. The van der Waals surface area contributed by atoms with Crippen molar-refractivity contribution in [1.29, 1.82) is 0 Å². The Morgan fingerprint density at radius 2 is 1.96 bits per heavy atom. The lowest BCUT2D eigenvalue weighted by Crippen LogP contribution is -2.33. The first-order valence-electron chi connectivity index (χ1n) is 7.88. The maximum Gasteiger partial charge on any atom is 0.266 e. The van der Waals surface area contributed by atoms with Crippen LogP contribution in [0.25, 0.3) is 10.9 Å². The Labute approximate surface area is 142 Å². The zero-order chi connectivity index (χ0) is 17.6. The summed E-state index contributed by atoms with van der Waals surface area (Å²) in [6.07, 6.45) is 3.48. The van der Waals surface area contributed by atoms with Gasteiger partial charge in [-0.15, -0.1) is 0 Å². The van der Waals surface area contributed by atoms with Gasteiger partial charge in [-0.1, -0.05) is 12.1 Å². The number of aryl methyl sites for hydroxylation is 1. The molecule has 0 fully saturated rings. The molecule has 0 atom stereocenters. The molecule has 0 aliphatic carbocycles. The number of rotatable bonds is 6. The molecule has 0 spiro atoms. The van der Waals surface area contributed by atoms with E-state index in [-0.39, 0.29) is 23.6 Å². The molecule has 1 amide bonds. The summed E-state index contributed by atoms with van der Waals surface area (Å²) in [5.74, 6) is -0.285. The maximum absolute atomic E-state index is 12.3. The molecule has 0 aliphatic rings. The molecule has 8 nitrogen and oxygen atoms in total. The van der Waals surface area contributed by atoms with E-state index in [0.717, 1.165) is 0 Å². The number of carbonyl (C=O) groups excluding carboxylic acids is 1. The molecule has 0 unspecified atom stereocenters. The fraction of sp³-hybridized carbons (Fsp3) is 0.235. The van der Waals surface area contributed by atoms with Gasteiger partial charge in [-0.2, -0.15) is 5.10 Å². The number of nitrogens with zero attached hydrogens (tertiary/aromatic N) is 4. The summed E-state index contributed by atoms with van der Waals surface area (Å²) < 4.78 is 2.62. The van der Waals surface area contributed by atoms with Crippen LogP contribution in [0.1, 0.15) is 6.42 Å². The number of aromatic nitrogens is 4. The molecular weight excluding hydrogens is 322 g/mol. The third-order valence-electron chi connectivity index (χ3n) is 3.70. The summed E-state index contributed by atoms with van der Waals surface area (Å²) in [6, 6.07) is 10.0. The molecule has 8 heteroatoms. The van der Waals surface area contributed by atoms with Crippen LogP contribution in [0.2, 0.25) is 0 Å². The predicted molar refractivity (Wildman–Crippen MR) is 92.1 cm³/mol. The molecule has 25 heavy (non-hydrogen) atoms. The Balaban J connectivity index is 1.55. The molecule has 2 aromatic heterocycles. The van der Waals surface area contributed by atoms with Gasteiger partial charge in [0, 0.05) is 25.4 Å². The Bertz CT molecular complexity index is 1010. The quantitative estimate of drug-likeness (QED) is 0.645. The maximum atomic E-state index is 12.3. The Kier molecular flexibility index (Phi) is 4.98. The van der Waals surface area contributed by atoms with Crippen LogP contribution in [0.15, 0.2) is 58.5 Å². The van der Waals surface area contributed by atoms with Crippen LogP contribution < -0.4 is 16.4 Å². The first-order valence-corrected chi connectivity index (χ1v) is 7.88. The highest BCUT2D eigenvalue weighted by Crippen LogP contribution is 2.04. The second-order valence-corrected chi connectivity index (χ2v) is 5.48. The number of carbonyl (C=O) groups is 1. The Morgan fingerprint density at radius 3 is 2.80 bits per heavy atom. The minimum Gasteiger partial charge on any atom is -0.354 e. The summed E-state index contributed by atoms with van der Waals surface area (Å²) in [6.45, 7) is 0.704.